The normalized spacial score (nSPS) is 10.3. The number of hydrogen-bond donors (Lipinski definition) is 1. The molecule has 0 unspecified atom stereocenters. The molecule has 0 fully saturated rings. The van der Waals surface area contributed by atoms with Crippen molar-refractivity contribution in [1.82, 2.24) is 14.8 Å². The van der Waals surface area contributed by atoms with Crippen LogP contribution in [-0.2, 0) is 0 Å². The first-order valence-electron chi connectivity index (χ1n) is 6.58. The number of carbonyl (C=O) groups excluding carboxylic acids is 1. The van der Waals surface area contributed by atoms with Crippen molar-refractivity contribution in [3.63, 3.8) is 0 Å². The van der Waals surface area contributed by atoms with Gasteiger partial charge in [0.1, 0.15) is 0 Å². The van der Waals surface area contributed by atoms with Crippen LogP contribution in [0.5, 0.6) is 0 Å². The Hall–Kier alpha value is -2.95. The number of aryl methyl sites for hydroxylation is 1. The van der Waals surface area contributed by atoms with E-state index in [1.807, 2.05) is 31.2 Å². The molecule has 0 spiro atoms. The number of carbonyl (C=O) groups is 1. The summed E-state index contributed by atoms with van der Waals surface area (Å²) in [5.41, 5.74) is 2.20. The number of amides is 1. The largest absolute Gasteiger partial charge is 0.319 e. The van der Waals surface area contributed by atoms with Gasteiger partial charge in [0, 0.05) is 24.2 Å². The molecule has 1 aromatic carbocycles. The number of benzene rings is 1. The van der Waals surface area contributed by atoms with Crippen LogP contribution in [0.3, 0.4) is 0 Å². The van der Waals surface area contributed by atoms with E-state index in [9.17, 15) is 4.79 Å². The van der Waals surface area contributed by atoms with Crippen LogP contribution >= 0.6 is 0 Å². The molecule has 0 aliphatic rings. The summed E-state index contributed by atoms with van der Waals surface area (Å²) in [7, 11) is 0. The van der Waals surface area contributed by atoms with Crippen LogP contribution in [0, 0.1) is 6.92 Å². The van der Waals surface area contributed by atoms with Crippen LogP contribution in [0.2, 0.25) is 0 Å². The van der Waals surface area contributed by atoms with E-state index < -0.39 is 0 Å². The number of aromatic nitrogens is 3. The minimum atomic E-state index is -0.158. The number of nitrogens with zero attached hydrogens (tertiary/aromatic N) is 3. The van der Waals surface area contributed by atoms with Crippen LogP contribution in [0.15, 0.2) is 61.1 Å². The topological polar surface area (TPSA) is 59.8 Å². The summed E-state index contributed by atoms with van der Waals surface area (Å²) in [5.74, 6) is 0.430. The van der Waals surface area contributed by atoms with Crippen LogP contribution in [0.1, 0.15) is 15.9 Å². The van der Waals surface area contributed by atoms with Crippen LogP contribution < -0.4 is 5.32 Å². The van der Waals surface area contributed by atoms with Crippen molar-refractivity contribution >= 4 is 11.6 Å². The van der Waals surface area contributed by atoms with Crippen molar-refractivity contribution in [1.29, 1.82) is 0 Å². The molecule has 2 heterocycles. The van der Waals surface area contributed by atoms with E-state index >= 15 is 0 Å². The highest BCUT2D eigenvalue weighted by Gasteiger charge is 2.12. The van der Waals surface area contributed by atoms with Gasteiger partial charge in [-0.1, -0.05) is 18.2 Å². The van der Waals surface area contributed by atoms with E-state index in [2.05, 4.69) is 15.4 Å². The molecule has 5 heteroatoms. The van der Waals surface area contributed by atoms with Crippen LogP contribution in [0.4, 0.5) is 5.69 Å². The Morgan fingerprint density at radius 1 is 1.10 bits per heavy atom. The third-order valence-corrected chi connectivity index (χ3v) is 3.15. The molecule has 5 nitrogen and oxygen atoms in total. The lowest BCUT2D eigenvalue weighted by Crippen LogP contribution is -2.15. The summed E-state index contributed by atoms with van der Waals surface area (Å²) in [6, 6.07) is 12.9. The zero-order chi connectivity index (χ0) is 14.7. The Morgan fingerprint density at radius 3 is 2.71 bits per heavy atom. The lowest BCUT2D eigenvalue weighted by Gasteiger charge is -2.11. The van der Waals surface area contributed by atoms with Gasteiger partial charge in [0.05, 0.1) is 5.69 Å². The van der Waals surface area contributed by atoms with Gasteiger partial charge >= 0.3 is 0 Å². The van der Waals surface area contributed by atoms with Crippen molar-refractivity contribution in [2.75, 3.05) is 5.32 Å². The summed E-state index contributed by atoms with van der Waals surface area (Å²) >= 11 is 0. The van der Waals surface area contributed by atoms with Gasteiger partial charge in [0.25, 0.3) is 5.91 Å². The smallest absolute Gasteiger partial charge is 0.256 e. The molecular formula is C16H14N4O. The molecular weight excluding hydrogens is 264 g/mol. The average Bonchev–Trinajstić information content (AvgIpc) is 3.02. The monoisotopic (exact) mass is 278 g/mol. The number of nitrogens with one attached hydrogen (secondary N) is 1. The summed E-state index contributed by atoms with van der Waals surface area (Å²) in [6.07, 6.45) is 5.12. The second-order valence-electron chi connectivity index (χ2n) is 4.59. The quantitative estimate of drug-likeness (QED) is 0.801. The minimum Gasteiger partial charge on any atom is -0.319 e. The number of hydrogen-bond acceptors (Lipinski definition) is 3. The zero-order valence-corrected chi connectivity index (χ0v) is 11.5. The van der Waals surface area contributed by atoms with Crippen molar-refractivity contribution < 1.29 is 4.79 Å². The molecule has 0 saturated heterocycles. The Labute approximate surface area is 122 Å². The maximum Gasteiger partial charge on any atom is 0.256 e. The Morgan fingerprint density at radius 2 is 1.95 bits per heavy atom. The van der Waals surface area contributed by atoms with Gasteiger partial charge in [-0.3, -0.25) is 4.79 Å². The van der Waals surface area contributed by atoms with Gasteiger partial charge in [-0.05, 0) is 36.8 Å². The fraction of sp³-hybridized carbons (Fsp3) is 0.0625. The van der Waals surface area contributed by atoms with Crippen molar-refractivity contribution in [2.24, 2.45) is 0 Å². The lowest BCUT2D eigenvalue weighted by molar-refractivity contribution is 0.102. The van der Waals surface area contributed by atoms with E-state index in [4.69, 9.17) is 0 Å². The molecule has 3 rings (SSSR count). The maximum atomic E-state index is 12.4. The second-order valence-corrected chi connectivity index (χ2v) is 4.59. The maximum absolute atomic E-state index is 12.4. The summed E-state index contributed by atoms with van der Waals surface area (Å²) in [4.78, 5) is 16.7. The Kier molecular flexibility index (Phi) is 3.47. The van der Waals surface area contributed by atoms with E-state index in [-0.39, 0.29) is 5.91 Å². The predicted molar refractivity (Wildman–Crippen MR) is 80.5 cm³/mol. The van der Waals surface area contributed by atoms with E-state index in [0.29, 0.717) is 17.1 Å². The standard InChI is InChI=1S/C16H14N4O/c1-12-6-2-3-7-13(12)16(21)19-14-8-4-9-17-15(14)20-11-5-10-18-20/h2-11H,1H3,(H,19,21). The summed E-state index contributed by atoms with van der Waals surface area (Å²) in [5, 5.41) is 7.04. The molecule has 2 aromatic heterocycles. The Bertz CT molecular complexity index is 765. The molecule has 104 valence electrons. The van der Waals surface area contributed by atoms with E-state index in [0.717, 1.165) is 5.56 Å². The van der Waals surface area contributed by atoms with Gasteiger partial charge in [0.2, 0.25) is 0 Å². The molecule has 0 bridgehead atoms. The van der Waals surface area contributed by atoms with E-state index in [1.54, 1.807) is 41.5 Å². The van der Waals surface area contributed by atoms with Gasteiger partial charge in [-0.2, -0.15) is 5.10 Å². The zero-order valence-electron chi connectivity index (χ0n) is 11.5. The van der Waals surface area contributed by atoms with E-state index in [1.165, 1.54) is 0 Å². The van der Waals surface area contributed by atoms with Crippen LogP contribution in [0.25, 0.3) is 5.82 Å². The SMILES string of the molecule is Cc1ccccc1C(=O)Nc1cccnc1-n1cccn1. The molecule has 1 amide bonds. The number of pyridine rings is 1. The number of anilines is 1. The molecule has 1 N–H and O–H groups in total. The number of rotatable bonds is 3. The van der Waals surface area contributed by atoms with Gasteiger partial charge < -0.3 is 5.32 Å². The third-order valence-electron chi connectivity index (χ3n) is 3.15. The fourth-order valence-electron chi connectivity index (χ4n) is 2.09. The first kappa shape index (κ1) is 13.1. The summed E-state index contributed by atoms with van der Waals surface area (Å²) in [6.45, 7) is 1.91. The van der Waals surface area contributed by atoms with Crippen molar-refractivity contribution in [3.05, 3.63) is 72.2 Å². The first-order chi connectivity index (χ1) is 10.3. The molecule has 21 heavy (non-hydrogen) atoms. The van der Waals surface area contributed by atoms with Crippen molar-refractivity contribution in [3.8, 4) is 5.82 Å². The molecule has 3 aromatic rings. The van der Waals surface area contributed by atoms with Crippen molar-refractivity contribution in [2.45, 2.75) is 6.92 Å². The lowest BCUT2D eigenvalue weighted by atomic mass is 10.1. The van der Waals surface area contributed by atoms with Gasteiger partial charge in [0.15, 0.2) is 5.82 Å². The summed E-state index contributed by atoms with van der Waals surface area (Å²) < 4.78 is 1.62. The van der Waals surface area contributed by atoms with Gasteiger partial charge in [-0.15, -0.1) is 0 Å². The highest BCUT2D eigenvalue weighted by atomic mass is 16.1. The fourth-order valence-corrected chi connectivity index (χ4v) is 2.09. The first-order valence-corrected chi connectivity index (χ1v) is 6.58. The second kappa shape index (κ2) is 5.58. The Balaban J connectivity index is 1.93. The molecule has 0 radical (unpaired) electrons. The highest BCUT2D eigenvalue weighted by Crippen LogP contribution is 2.18. The molecule has 0 aliphatic heterocycles. The van der Waals surface area contributed by atoms with Gasteiger partial charge in [-0.25, -0.2) is 9.67 Å². The van der Waals surface area contributed by atoms with Crippen LogP contribution in [-0.4, -0.2) is 20.7 Å². The third kappa shape index (κ3) is 2.67. The minimum absolute atomic E-state index is 0.158. The molecule has 0 saturated carbocycles. The highest BCUT2D eigenvalue weighted by molar-refractivity contribution is 6.06. The average molecular weight is 278 g/mol. The molecule has 0 aliphatic carbocycles. The predicted octanol–water partition coefficient (Wildman–Crippen LogP) is 2.83. The molecule has 0 atom stereocenters.